The number of carbonyl (C=O) groups is 1. The number of nitrogens with one attached hydrogen (secondary N) is 1. The number of hydrogen-bond acceptors (Lipinski definition) is 3. The Morgan fingerprint density at radius 3 is 2.52 bits per heavy atom. The van der Waals surface area contributed by atoms with Gasteiger partial charge in [0.2, 0.25) is 0 Å². The molecular weight excluding hydrogens is 410 g/mol. The minimum absolute atomic E-state index is 0.316. The molecule has 1 aromatic heterocycles. The zero-order valence-corrected chi connectivity index (χ0v) is 18.2. The van der Waals surface area contributed by atoms with E-state index in [0.717, 1.165) is 23.0 Å². The van der Waals surface area contributed by atoms with Crippen molar-refractivity contribution >= 4 is 33.8 Å². The van der Waals surface area contributed by atoms with Gasteiger partial charge in [0.05, 0.1) is 18.9 Å². The van der Waals surface area contributed by atoms with Crippen LogP contribution in [-0.4, -0.2) is 23.8 Å². The summed E-state index contributed by atoms with van der Waals surface area (Å²) in [4.78, 5) is 12.5. The van der Waals surface area contributed by atoms with E-state index in [9.17, 15) is 4.79 Å². The molecule has 0 saturated heterocycles. The molecule has 0 fully saturated rings. The van der Waals surface area contributed by atoms with Crippen LogP contribution in [0.5, 0.6) is 5.75 Å². The van der Waals surface area contributed by atoms with Crippen LogP contribution in [0.4, 0.5) is 0 Å². The maximum Gasteiger partial charge on any atom is 0.275 e. The van der Waals surface area contributed by atoms with Gasteiger partial charge in [0.25, 0.3) is 5.91 Å². The fourth-order valence-corrected chi connectivity index (χ4v) is 4.18. The smallest absolute Gasteiger partial charge is 0.275 e. The summed E-state index contributed by atoms with van der Waals surface area (Å²) in [7, 11) is 1.54. The quantitative estimate of drug-likeness (QED) is 0.279. The second-order valence-corrected chi connectivity index (χ2v) is 7.77. The Hall–Kier alpha value is -4.38. The first-order valence-electron chi connectivity index (χ1n) is 10.8. The molecule has 1 amide bonds. The zero-order chi connectivity index (χ0) is 22.6. The number of amides is 1. The van der Waals surface area contributed by atoms with E-state index in [1.54, 1.807) is 31.5 Å². The molecule has 0 saturated carbocycles. The van der Waals surface area contributed by atoms with Crippen molar-refractivity contribution in [2.24, 2.45) is 5.10 Å². The summed E-state index contributed by atoms with van der Waals surface area (Å²) in [5.41, 5.74) is 6.35. The number of ether oxygens (including phenoxy) is 1. The van der Waals surface area contributed by atoms with E-state index in [-0.39, 0.29) is 5.91 Å². The molecule has 0 bridgehead atoms. The maximum atomic E-state index is 12.5. The number of hydrogen-bond donors (Lipinski definition) is 1. The highest BCUT2D eigenvalue weighted by molar-refractivity contribution is 6.01. The number of nitrogens with zero attached hydrogens (tertiary/aromatic N) is 2. The van der Waals surface area contributed by atoms with Crippen molar-refractivity contribution in [3.63, 3.8) is 0 Å². The van der Waals surface area contributed by atoms with Gasteiger partial charge in [-0.1, -0.05) is 72.8 Å². The van der Waals surface area contributed by atoms with Crippen LogP contribution in [0.2, 0.25) is 0 Å². The second kappa shape index (κ2) is 9.01. The van der Waals surface area contributed by atoms with Crippen LogP contribution in [0.15, 0.2) is 102 Å². The molecule has 0 unspecified atom stereocenters. The van der Waals surface area contributed by atoms with Crippen molar-refractivity contribution in [3.05, 3.63) is 114 Å². The Bertz CT molecular complexity index is 1480. The lowest BCUT2D eigenvalue weighted by atomic mass is 10.0. The van der Waals surface area contributed by atoms with Crippen LogP contribution in [0.25, 0.3) is 21.7 Å². The molecule has 1 heterocycles. The van der Waals surface area contributed by atoms with E-state index >= 15 is 0 Å². The molecular formula is C28H23N3O2. The third-order valence-electron chi connectivity index (χ3n) is 5.76. The Morgan fingerprint density at radius 2 is 1.64 bits per heavy atom. The highest BCUT2D eigenvalue weighted by Crippen LogP contribution is 2.24. The number of aromatic nitrogens is 1. The lowest BCUT2D eigenvalue weighted by Crippen LogP contribution is -2.18. The zero-order valence-electron chi connectivity index (χ0n) is 18.2. The van der Waals surface area contributed by atoms with Crippen LogP contribution in [-0.2, 0) is 6.54 Å². The minimum atomic E-state index is -0.316. The van der Waals surface area contributed by atoms with Gasteiger partial charge in [0, 0.05) is 29.2 Å². The van der Waals surface area contributed by atoms with Gasteiger partial charge in [0.1, 0.15) is 5.75 Å². The first-order chi connectivity index (χ1) is 16.2. The fourth-order valence-electron chi connectivity index (χ4n) is 4.18. The lowest BCUT2D eigenvalue weighted by Gasteiger charge is -2.09. The van der Waals surface area contributed by atoms with Gasteiger partial charge in [-0.3, -0.25) is 4.79 Å². The third kappa shape index (κ3) is 4.08. The average molecular weight is 434 g/mol. The van der Waals surface area contributed by atoms with Crippen molar-refractivity contribution < 1.29 is 9.53 Å². The molecule has 0 radical (unpaired) electrons. The molecule has 5 nitrogen and oxygen atoms in total. The van der Waals surface area contributed by atoms with Gasteiger partial charge in [-0.2, -0.15) is 5.10 Å². The van der Waals surface area contributed by atoms with Gasteiger partial charge in [-0.15, -0.1) is 0 Å². The van der Waals surface area contributed by atoms with E-state index in [4.69, 9.17) is 4.74 Å². The first kappa shape index (κ1) is 20.5. The largest absolute Gasteiger partial charge is 0.496 e. The van der Waals surface area contributed by atoms with Crippen LogP contribution >= 0.6 is 0 Å². The van der Waals surface area contributed by atoms with E-state index in [2.05, 4.69) is 75.9 Å². The Labute approximate surface area is 191 Å². The van der Waals surface area contributed by atoms with Crippen molar-refractivity contribution in [1.82, 2.24) is 9.99 Å². The molecule has 0 spiro atoms. The summed E-state index contributed by atoms with van der Waals surface area (Å²) in [5, 5.41) is 7.77. The van der Waals surface area contributed by atoms with Gasteiger partial charge >= 0.3 is 0 Å². The summed E-state index contributed by atoms with van der Waals surface area (Å²) in [5.74, 6) is 0.195. The fraction of sp³-hybridized carbons (Fsp3) is 0.0714. The standard InChI is InChI=1S/C28H23N3O2/c1-33-27-16-7-5-14-25(27)28(32)30-29-17-22-19-31(26-15-6-4-13-24(22)26)18-21-11-8-10-20-9-2-3-12-23(20)21/h2-17,19H,18H2,1H3,(H,30,32)/b29-17-. The van der Waals surface area contributed by atoms with E-state index in [1.165, 1.54) is 16.3 Å². The van der Waals surface area contributed by atoms with Crippen molar-refractivity contribution in [2.45, 2.75) is 6.54 Å². The second-order valence-electron chi connectivity index (χ2n) is 7.77. The number of fused-ring (bicyclic) bond motifs is 2. The van der Waals surface area contributed by atoms with Crippen molar-refractivity contribution in [2.75, 3.05) is 7.11 Å². The first-order valence-corrected chi connectivity index (χ1v) is 10.8. The van der Waals surface area contributed by atoms with Crippen molar-refractivity contribution in [3.8, 4) is 5.75 Å². The van der Waals surface area contributed by atoms with Gasteiger partial charge in [-0.05, 0) is 34.5 Å². The molecule has 5 aromatic rings. The lowest BCUT2D eigenvalue weighted by molar-refractivity contribution is 0.0952. The van der Waals surface area contributed by atoms with Crippen LogP contribution in [0.1, 0.15) is 21.5 Å². The van der Waals surface area contributed by atoms with E-state index in [0.29, 0.717) is 11.3 Å². The SMILES string of the molecule is COc1ccccc1C(=O)N/N=C\c1cn(Cc2cccc3ccccc23)c2ccccc12. The number of carbonyl (C=O) groups excluding carboxylic acids is 1. The molecule has 162 valence electrons. The summed E-state index contributed by atoms with van der Waals surface area (Å²) in [6.45, 7) is 0.739. The maximum absolute atomic E-state index is 12.5. The Morgan fingerprint density at radius 1 is 0.909 bits per heavy atom. The normalized spacial score (nSPS) is 11.3. The van der Waals surface area contributed by atoms with Gasteiger partial charge < -0.3 is 9.30 Å². The number of benzene rings is 4. The number of para-hydroxylation sites is 2. The van der Waals surface area contributed by atoms with Crippen LogP contribution < -0.4 is 10.2 Å². The predicted molar refractivity (Wildman–Crippen MR) is 133 cm³/mol. The monoisotopic (exact) mass is 433 g/mol. The van der Waals surface area contributed by atoms with Crippen LogP contribution in [0.3, 0.4) is 0 Å². The minimum Gasteiger partial charge on any atom is -0.496 e. The molecule has 1 N–H and O–H groups in total. The van der Waals surface area contributed by atoms with Crippen LogP contribution in [0, 0.1) is 0 Å². The third-order valence-corrected chi connectivity index (χ3v) is 5.76. The highest BCUT2D eigenvalue weighted by atomic mass is 16.5. The predicted octanol–water partition coefficient (Wildman–Crippen LogP) is 5.62. The Balaban J connectivity index is 1.43. The summed E-state index contributed by atoms with van der Waals surface area (Å²) >= 11 is 0. The summed E-state index contributed by atoms with van der Waals surface area (Å²) in [6.07, 6.45) is 3.76. The molecule has 33 heavy (non-hydrogen) atoms. The van der Waals surface area contributed by atoms with Crippen molar-refractivity contribution in [1.29, 1.82) is 0 Å². The molecule has 0 aliphatic rings. The van der Waals surface area contributed by atoms with E-state index < -0.39 is 0 Å². The van der Waals surface area contributed by atoms with Gasteiger partial charge in [-0.25, -0.2) is 5.43 Å². The average Bonchev–Trinajstić information content (AvgIpc) is 3.21. The molecule has 4 aromatic carbocycles. The highest BCUT2D eigenvalue weighted by Gasteiger charge is 2.11. The molecule has 0 atom stereocenters. The van der Waals surface area contributed by atoms with Gasteiger partial charge in [0.15, 0.2) is 0 Å². The topological polar surface area (TPSA) is 55.6 Å². The molecule has 0 aliphatic carbocycles. The molecule has 5 heteroatoms. The Kier molecular flexibility index (Phi) is 5.60. The molecule has 5 rings (SSSR count). The molecule has 0 aliphatic heterocycles. The van der Waals surface area contributed by atoms with E-state index in [1.807, 2.05) is 18.2 Å². The number of methoxy groups -OCH3 is 1. The summed E-state index contributed by atoms with van der Waals surface area (Å²) in [6, 6.07) is 30.1. The summed E-state index contributed by atoms with van der Waals surface area (Å²) < 4.78 is 7.49. The number of rotatable bonds is 6. The number of hydrazone groups is 1.